The molecule has 1 fully saturated rings. The summed E-state index contributed by atoms with van der Waals surface area (Å²) in [5, 5.41) is 2.34. The summed E-state index contributed by atoms with van der Waals surface area (Å²) >= 11 is 0. The zero-order chi connectivity index (χ0) is 28.6. The third kappa shape index (κ3) is 9.67. The number of carbonyl (C=O) groups excluding carboxylic acids is 3. The van der Waals surface area contributed by atoms with Gasteiger partial charge in [-0.15, -0.1) is 0 Å². The van der Waals surface area contributed by atoms with Gasteiger partial charge in [0.15, 0.2) is 0 Å². The highest BCUT2D eigenvalue weighted by atomic mass is 16.2. The molecule has 1 heterocycles. The van der Waals surface area contributed by atoms with Gasteiger partial charge in [0.05, 0.1) is 6.54 Å². The minimum atomic E-state index is -0.737. The number of pyridine rings is 1. The number of benzene rings is 2. The minimum absolute atomic E-state index is 0.0127. The number of nitrogens with two attached hydrogens (primary N) is 1. The number of amides is 3. The normalized spacial score (nSPS) is 16.7. The maximum absolute atomic E-state index is 12.0. The molecule has 1 aliphatic carbocycles. The van der Waals surface area contributed by atoms with Gasteiger partial charge in [-0.3, -0.25) is 19.3 Å². The first-order valence-corrected chi connectivity index (χ1v) is 13.7. The number of aromatic nitrogens is 1. The van der Waals surface area contributed by atoms with Crippen molar-refractivity contribution in [1.82, 2.24) is 10.3 Å². The summed E-state index contributed by atoms with van der Waals surface area (Å²) in [6.07, 6.45) is 7.53. The van der Waals surface area contributed by atoms with Crippen LogP contribution in [0.3, 0.4) is 0 Å². The van der Waals surface area contributed by atoms with Crippen LogP contribution in [-0.4, -0.2) is 23.2 Å². The summed E-state index contributed by atoms with van der Waals surface area (Å²) in [7, 11) is 0. The molecule has 4 rings (SSSR count). The zero-order valence-electron chi connectivity index (χ0n) is 23.5. The van der Waals surface area contributed by atoms with Gasteiger partial charge in [0.25, 0.3) is 0 Å². The molecule has 1 aromatic heterocycles. The molecule has 39 heavy (non-hydrogen) atoms. The lowest BCUT2D eigenvalue weighted by molar-refractivity contribution is -0.122. The average molecular weight is 531 g/mol. The van der Waals surface area contributed by atoms with Gasteiger partial charge in [-0.05, 0) is 47.1 Å². The van der Waals surface area contributed by atoms with E-state index < -0.39 is 11.9 Å². The molecular weight excluding hydrogens is 488 g/mol. The van der Waals surface area contributed by atoms with E-state index in [-0.39, 0.29) is 5.91 Å². The van der Waals surface area contributed by atoms with Crippen LogP contribution in [0.4, 0.5) is 5.82 Å². The molecule has 0 bridgehead atoms. The van der Waals surface area contributed by atoms with Gasteiger partial charge in [0, 0.05) is 13.1 Å². The van der Waals surface area contributed by atoms with Gasteiger partial charge in [0.2, 0.25) is 18.2 Å². The molecule has 0 spiro atoms. The van der Waals surface area contributed by atoms with E-state index in [1.54, 1.807) is 42.3 Å². The predicted molar refractivity (Wildman–Crippen MR) is 157 cm³/mol. The number of anilines is 1. The van der Waals surface area contributed by atoms with Crippen LogP contribution >= 0.6 is 0 Å². The molecule has 208 valence electrons. The molecule has 3 N–H and O–H groups in total. The molecule has 2 aromatic carbocycles. The second-order valence-electron chi connectivity index (χ2n) is 9.43. The summed E-state index contributed by atoms with van der Waals surface area (Å²) in [6, 6.07) is 22.6. The van der Waals surface area contributed by atoms with E-state index in [1.807, 2.05) is 38.1 Å². The molecule has 3 amide bonds. The lowest BCUT2D eigenvalue weighted by Gasteiger charge is -2.29. The molecular formula is C32H42N4O3. The zero-order valence-corrected chi connectivity index (χ0v) is 23.5. The van der Waals surface area contributed by atoms with Crippen molar-refractivity contribution in [3.05, 3.63) is 95.7 Å². The van der Waals surface area contributed by atoms with Gasteiger partial charge < -0.3 is 11.1 Å². The number of hydrogen-bond donors (Lipinski definition) is 2. The summed E-state index contributed by atoms with van der Waals surface area (Å²) < 4.78 is 0. The van der Waals surface area contributed by atoms with Crippen molar-refractivity contribution in [2.75, 3.05) is 4.90 Å². The number of rotatable bonds is 8. The van der Waals surface area contributed by atoms with Crippen LogP contribution in [0.1, 0.15) is 82.0 Å². The van der Waals surface area contributed by atoms with Crippen LogP contribution in [0.5, 0.6) is 0 Å². The van der Waals surface area contributed by atoms with Crippen LogP contribution in [0.25, 0.3) is 0 Å². The molecule has 3 aromatic rings. The van der Waals surface area contributed by atoms with Crippen LogP contribution < -0.4 is 16.0 Å². The molecule has 1 aliphatic rings. The summed E-state index contributed by atoms with van der Waals surface area (Å²) in [5.41, 5.74) is 8.36. The van der Waals surface area contributed by atoms with Crippen LogP contribution in [0.15, 0.2) is 79.0 Å². The van der Waals surface area contributed by atoms with Crippen molar-refractivity contribution < 1.29 is 14.4 Å². The number of nitrogens with zero attached hydrogens (tertiary/aromatic N) is 2. The van der Waals surface area contributed by atoms with Crippen LogP contribution in [0, 0.1) is 5.92 Å². The van der Waals surface area contributed by atoms with Gasteiger partial charge in [0.1, 0.15) is 11.9 Å². The first kappa shape index (κ1) is 31.2. The third-order valence-electron chi connectivity index (χ3n) is 6.82. The Morgan fingerprint density at radius 1 is 1.00 bits per heavy atom. The second kappa shape index (κ2) is 16.8. The fourth-order valence-electron chi connectivity index (χ4n) is 4.79. The van der Waals surface area contributed by atoms with Crippen molar-refractivity contribution in [2.45, 2.75) is 71.9 Å². The highest BCUT2D eigenvalue weighted by Crippen LogP contribution is 2.37. The second-order valence-corrected chi connectivity index (χ2v) is 9.43. The first-order valence-electron chi connectivity index (χ1n) is 13.7. The van der Waals surface area contributed by atoms with Crippen LogP contribution in [0.2, 0.25) is 0 Å². The molecule has 7 heteroatoms. The van der Waals surface area contributed by atoms with Gasteiger partial charge >= 0.3 is 0 Å². The highest BCUT2D eigenvalue weighted by molar-refractivity contribution is 5.90. The van der Waals surface area contributed by atoms with E-state index in [1.165, 1.54) is 31.2 Å². The van der Waals surface area contributed by atoms with Crippen molar-refractivity contribution in [2.24, 2.45) is 11.7 Å². The fraction of sp³-hybridized carbons (Fsp3) is 0.375. The largest absolute Gasteiger partial charge is 0.368 e. The quantitative estimate of drug-likeness (QED) is 0.353. The Bertz CT molecular complexity index is 1140. The van der Waals surface area contributed by atoms with Gasteiger partial charge in [-0.1, -0.05) is 101 Å². The first-order chi connectivity index (χ1) is 18.9. The lowest BCUT2D eigenvalue weighted by atomic mass is 9.76. The molecule has 0 saturated heterocycles. The number of carbonyl (C=O) groups is 3. The molecule has 0 aliphatic heterocycles. The van der Waals surface area contributed by atoms with Gasteiger partial charge in [-0.25, -0.2) is 4.98 Å². The Balaban J connectivity index is 0.000000301. The summed E-state index contributed by atoms with van der Waals surface area (Å²) in [5.74, 6) is 1.60. The molecule has 0 radical (unpaired) electrons. The predicted octanol–water partition coefficient (Wildman–Crippen LogP) is 5.91. The van der Waals surface area contributed by atoms with Crippen LogP contribution in [-0.2, 0) is 20.9 Å². The summed E-state index contributed by atoms with van der Waals surface area (Å²) in [4.78, 5) is 39.1. The van der Waals surface area contributed by atoms with E-state index in [2.05, 4.69) is 41.5 Å². The number of hydrogen-bond acceptors (Lipinski definition) is 4. The van der Waals surface area contributed by atoms with Crippen molar-refractivity contribution >= 4 is 24.0 Å². The Morgan fingerprint density at radius 3 is 2.18 bits per heavy atom. The monoisotopic (exact) mass is 530 g/mol. The van der Waals surface area contributed by atoms with Crippen molar-refractivity contribution in [3.63, 3.8) is 0 Å². The standard InChI is InChI=1S/C21H26N2O.C9H10N2O2.C2H6/c1-16-7-3-4-8-20(16)19-12-10-18(11-13-19)15-23(17(2)24)21-9-5-6-14-22-21;10-9(13)8(11-6-12)7-4-2-1-3-5-7;1-2/h5-6,9-14,16,20H,3-4,7-8,15H2,1-2H3;1-6,8H,(H2,10,13)(H,11,12);1-2H3. The minimum Gasteiger partial charge on any atom is -0.368 e. The number of primary amides is 1. The van der Waals surface area contributed by atoms with Gasteiger partial charge in [-0.2, -0.15) is 0 Å². The van der Waals surface area contributed by atoms with Crippen molar-refractivity contribution in [3.8, 4) is 0 Å². The third-order valence-corrected chi connectivity index (χ3v) is 6.82. The van der Waals surface area contributed by atoms with E-state index in [4.69, 9.17) is 5.73 Å². The Kier molecular flexibility index (Phi) is 13.4. The molecule has 3 unspecified atom stereocenters. The van der Waals surface area contributed by atoms with E-state index in [0.717, 1.165) is 11.5 Å². The Hall–Kier alpha value is -4.00. The maximum atomic E-state index is 12.0. The number of nitrogens with one attached hydrogen (secondary N) is 1. The van der Waals surface area contributed by atoms with E-state index >= 15 is 0 Å². The molecule has 3 atom stereocenters. The SMILES string of the molecule is CC.CC(=O)N(Cc1ccc(C2CCCCC2C)cc1)c1ccccn1.NC(=O)C(NC=O)c1ccccc1. The Labute approximate surface area is 232 Å². The maximum Gasteiger partial charge on any atom is 0.244 e. The van der Waals surface area contributed by atoms with E-state index in [9.17, 15) is 14.4 Å². The topological polar surface area (TPSA) is 105 Å². The average Bonchev–Trinajstić information content (AvgIpc) is 2.97. The fourth-order valence-corrected chi connectivity index (χ4v) is 4.79. The van der Waals surface area contributed by atoms with Crippen molar-refractivity contribution in [1.29, 1.82) is 0 Å². The van der Waals surface area contributed by atoms with E-state index in [0.29, 0.717) is 30.3 Å². The smallest absolute Gasteiger partial charge is 0.244 e. The molecule has 7 nitrogen and oxygen atoms in total. The highest BCUT2D eigenvalue weighted by Gasteiger charge is 2.23. The summed E-state index contributed by atoms with van der Waals surface area (Å²) in [6.45, 7) is 8.52. The lowest BCUT2D eigenvalue weighted by Crippen LogP contribution is -2.32. The Morgan fingerprint density at radius 2 is 1.64 bits per heavy atom. The molecule has 1 saturated carbocycles.